The Bertz CT molecular complexity index is 738. The number of likely N-dealkylation sites (tertiary alicyclic amines) is 1. The van der Waals surface area contributed by atoms with Gasteiger partial charge in [-0.1, -0.05) is 12.5 Å². The quantitative estimate of drug-likeness (QED) is 0.656. The van der Waals surface area contributed by atoms with Crippen molar-refractivity contribution in [1.82, 2.24) is 19.8 Å². The van der Waals surface area contributed by atoms with E-state index in [1.54, 1.807) is 25.7 Å². The molecule has 1 saturated heterocycles. The van der Waals surface area contributed by atoms with Crippen LogP contribution in [0.4, 0.5) is 0 Å². The summed E-state index contributed by atoms with van der Waals surface area (Å²) in [6.07, 6.45) is 8.37. The molecule has 2 aromatic rings. The minimum atomic E-state index is -0.513. The van der Waals surface area contributed by atoms with Crippen LogP contribution in [0.3, 0.4) is 0 Å². The van der Waals surface area contributed by atoms with E-state index in [0.29, 0.717) is 24.6 Å². The van der Waals surface area contributed by atoms with Crippen molar-refractivity contribution >= 4 is 0 Å². The zero-order valence-electron chi connectivity index (χ0n) is 17.5. The van der Waals surface area contributed by atoms with Crippen molar-refractivity contribution in [1.29, 1.82) is 0 Å². The molecule has 0 spiro atoms. The molecule has 1 unspecified atom stereocenters. The van der Waals surface area contributed by atoms with Gasteiger partial charge in [0.2, 0.25) is 0 Å². The summed E-state index contributed by atoms with van der Waals surface area (Å²) in [6, 6.07) is 5.93. The van der Waals surface area contributed by atoms with Crippen LogP contribution in [0.15, 0.2) is 36.8 Å². The van der Waals surface area contributed by atoms with Crippen LogP contribution in [-0.2, 0) is 13.1 Å². The minimum absolute atomic E-state index is 0.256. The summed E-state index contributed by atoms with van der Waals surface area (Å²) in [6.45, 7) is 4.49. The highest BCUT2D eigenvalue weighted by atomic mass is 16.5. The predicted molar refractivity (Wildman–Crippen MR) is 112 cm³/mol. The van der Waals surface area contributed by atoms with E-state index in [2.05, 4.69) is 19.8 Å². The predicted octanol–water partition coefficient (Wildman–Crippen LogP) is 2.34. The van der Waals surface area contributed by atoms with Gasteiger partial charge < -0.3 is 19.5 Å². The lowest BCUT2D eigenvalue weighted by Gasteiger charge is -2.28. The van der Waals surface area contributed by atoms with Gasteiger partial charge in [0.1, 0.15) is 12.7 Å². The van der Waals surface area contributed by atoms with E-state index >= 15 is 0 Å². The molecule has 1 aromatic heterocycles. The molecule has 0 bridgehead atoms. The molecule has 2 heterocycles. The van der Waals surface area contributed by atoms with Gasteiger partial charge >= 0.3 is 0 Å². The van der Waals surface area contributed by atoms with Gasteiger partial charge in [-0.05, 0) is 50.7 Å². The fraction of sp³-hybridized carbons (Fsp3) is 0.545. The standard InChI is InChI=1S/C22H32N4O3/c1-25(15-19-13-23-8-9-24-19)14-18-6-7-21(28-2)22(12-18)29-17-20(27)16-26-10-4-3-5-11-26/h6-9,12-13,20,27H,3-5,10-11,14-17H2,1-2H3. The van der Waals surface area contributed by atoms with Crippen LogP contribution in [-0.4, -0.2) is 71.4 Å². The van der Waals surface area contributed by atoms with Crippen molar-refractivity contribution in [3.8, 4) is 11.5 Å². The number of benzene rings is 1. The molecule has 7 heteroatoms. The zero-order chi connectivity index (χ0) is 20.5. The van der Waals surface area contributed by atoms with Crippen LogP contribution in [0.5, 0.6) is 11.5 Å². The van der Waals surface area contributed by atoms with E-state index in [-0.39, 0.29) is 6.61 Å². The average molecular weight is 401 g/mol. The van der Waals surface area contributed by atoms with Crippen LogP contribution >= 0.6 is 0 Å². The summed E-state index contributed by atoms with van der Waals surface area (Å²) in [5, 5.41) is 10.4. The Morgan fingerprint density at radius 1 is 1.14 bits per heavy atom. The van der Waals surface area contributed by atoms with Gasteiger partial charge in [0.25, 0.3) is 0 Å². The van der Waals surface area contributed by atoms with Crippen molar-refractivity contribution in [3.05, 3.63) is 48.0 Å². The Balaban J connectivity index is 1.54. The second kappa shape index (κ2) is 11.1. The van der Waals surface area contributed by atoms with E-state index in [9.17, 15) is 5.11 Å². The third-order valence-electron chi connectivity index (χ3n) is 5.08. The molecule has 3 rings (SSSR count). The Hall–Kier alpha value is -2.22. The van der Waals surface area contributed by atoms with E-state index in [1.165, 1.54) is 19.3 Å². The molecule has 0 radical (unpaired) electrons. The first-order chi connectivity index (χ1) is 14.1. The maximum atomic E-state index is 10.4. The number of hydrogen-bond acceptors (Lipinski definition) is 7. The highest BCUT2D eigenvalue weighted by Crippen LogP contribution is 2.29. The van der Waals surface area contributed by atoms with Crippen molar-refractivity contribution in [3.63, 3.8) is 0 Å². The van der Waals surface area contributed by atoms with E-state index < -0.39 is 6.10 Å². The molecule has 0 amide bonds. The largest absolute Gasteiger partial charge is 0.493 e. The molecular weight excluding hydrogens is 368 g/mol. The first-order valence-corrected chi connectivity index (χ1v) is 10.3. The van der Waals surface area contributed by atoms with E-state index in [4.69, 9.17) is 9.47 Å². The maximum absolute atomic E-state index is 10.4. The highest BCUT2D eigenvalue weighted by molar-refractivity contribution is 5.43. The number of aromatic nitrogens is 2. The van der Waals surface area contributed by atoms with Crippen LogP contribution < -0.4 is 9.47 Å². The Morgan fingerprint density at radius 3 is 2.69 bits per heavy atom. The van der Waals surface area contributed by atoms with Crippen molar-refractivity contribution in [2.75, 3.05) is 40.4 Å². The highest BCUT2D eigenvalue weighted by Gasteiger charge is 2.16. The number of β-amino-alcohol motifs (C(OH)–C–C–N with tert-alkyl or cyclic N) is 1. The summed E-state index contributed by atoms with van der Waals surface area (Å²) >= 11 is 0. The molecule has 1 fully saturated rings. The molecule has 1 N–H and O–H groups in total. The summed E-state index contributed by atoms with van der Waals surface area (Å²) in [7, 11) is 3.67. The SMILES string of the molecule is COc1ccc(CN(C)Cc2cnccn2)cc1OCC(O)CN1CCCCC1. The smallest absolute Gasteiger partial charge is 0.161 e. The number of aliphatic hydroxyl groups excluding tert-OH is 1. The Labute approximate surface area is 173 Å². The normalized spacial score (nSPS) is 16.0. The second-order valence-corrected chi connectivity index (χ2v) is 7.68. The van der Waals surface area contributed by atoms with Crippen LogP contribution in [0.25, 0.3) is 0 Å². The van der Waals surface area contributed by atoms with E-state index in [0.717, 1.165) is 30.9 Å². The summed E-state index contributed by atoms with van der Waals surface area (Å²) in [4.78, 5) is 12.9. The van der Waals surface area contributed by atoms with Gasteiger partial charge in [0.15, 0.2) is 11.5 Å². The number of rotatable bonds is 10. The van der Waals surface area contributed by atoms with Crippen LogP contribution in [0.1, 0.15) is 30.5 Å². The van der Waals surface area contributed by atoms with Crippen molar-refractivity contribution in [2.45, 2.75) is 38.5 Å². The lowest BCUT2D eigenvalue weighted by molar-refractivity contribution is 0.0608. The van der Waals surface area contributed by atoms with Gasteiger partial charge in [0, 0.05) is 38.2 Å². The van der Waals surface area contributed by atoms with Crippen molar-refractivity contribution in [2.24, 2.45) is 0 Å². The molecular formula is C22H32N4O3. The zero-order valence-corrected chi connectivity index (χ0v) is 17.5. The minimum Gasteiger partial charge on any atom is -0.493 e. The number of nitrogens with zero attached hydrogens (tertiary/aromatic N) is 4. The van der Waals surface area contributed by atoms with Gasteiger partial charge in [-0.3, -0.25) is 14.9 Å². The first-order valence-electron chi connectivity index (χ1n) is 10.3. The third-order valence-corrected chi connectivity index (χ3v) is 5.08. The number of aliphatic hydroxyl groups is 1. The topological polar surface area (TPSA) is 71.0 Å². The number of piperidine rings is 1. The fourth-order valence-corrected chi connectivity index (χ4v) is 3.67. The lowest BCUT2D eigenvalue weighted by atomic mass is 10.1. The second-order valence-electron chi connectivity index (χ2n) is 7.68. The molecule has 29 heavy (non-hydrogen) atoms. The summed E-state index contributed by atoms with van der Waals surface area (Å²) < 4.78 is 11.4. The molecule has 1 aliphatic rings. The van der Waals surface area contributed by atoms with Crippen LogP contribution in [0, 0.1) is 0 Å². The molecule has 158 valence electrons. The lowest BCUT2D eigenvalue weighted by Crippen LogP contribution is -2.38. The molecule has 1 aromatic carbocycles. The monoisotopic (exact) mass is 400 g/mol. The number of ether oxygens (including phenoxy) is 2. The van der Waals surface area contributed by atoms with Gasteiger partial charge in [-0.15, -0.1) is 0 Å². The molecule has 1 atom stereocenters. The first kappa shape index (κ1) is 21.5. The Morgan fingerprint density at radius 2 is 1.97 bits per heavy atom. The van der Waals surface area contributed by atoms with Crippen molar-refractivity contribution < 1.29 is 14.6 Å². The molecule has 1 aliphatic heterocycles. The maximum Gasteiger partial charge on any atom is 0.161 e. The molecule has 0 saturated carbocycles. The Kier molecular flexibility index (Phi) is 8.22. The molecule has 7 nitrogen and oxygen atoms in total. The van der Waals surface area contributed by atoms with Gasteiger partial charge in [0.05, 0.1) is 12.8 Å². The molecule has 0 aliphatic carbocycles. The average Bonchev–Trinajstić information content (AvgIpc) is 2.74. The third kappa shape index (κ3) is 6.96. The van der Waals surface area contributed by atoms with Gasteiger partial charge in [-0.25, -0.2) is 0 Å². The number of methoxy groups -OCH3 is 1. The fourth-order valence-electron chi connectivity index (χ4n) is 3.67. The summed E-state index contributed by atoms with van der Waals surface area (Å²) in [5.41, 5.74) is 2.04. The van der Waals surface area contributed by atoms with Crippen LogP contribution in [0.2, 0.25) is 0 Å². The van der Waals surface area contributed by atoms with Gasteiger partial charge in [-0.2, -0.15) is 0 Å². The number of hydrogen-bond donors (Lipinski definition) is 1. The van der Waals surface area contributed by atoms with E-state index in [1.807, 2.05) is 25.2 Å². The summed E-state index contributed by atoms with van der Waals surface area (Å²) in [5.74, 6) is 1.34.